The van der Waals surface area contributed by atoms with Crippen molar-refractivity contribution in [2.24, 2.45) is 0 Å². The second-order valence-corrected chi connectivity index (χ2v) is 6.00. The van der Waals surface area contributed by atoms with Crippen molar-refractivity contribution in [1.29, 1.82) is 0 Å². The van der Waals surface area contributed by atoms with Crippen molar-refractivity contribution in [3.05, 3.63) is 59.8 Å². The van der Waals surface area contributed by atoms with E-state index in [9.17, 15) is 4.79 Å². The van der Waals surface area contributed by atoms with E-state index in [4.69, 9.17) is 0 Å². The summed E-state index contributed by atoms with van der Waals surface area (Å²) in [5.41, 5.74) is 1.83. The van der Waals surface area contributed by atoms with Crippen LogP contribution in [0.3, 0.4) is 0 Å². The first-order valence-electron chi connectivity index (χ1n) is 8.83. The zero-order chi connectivity index (χ0) is 17.8. The number of benzene rings is 1. The molecule has 2 aliphatic rings. The van der Waals surface area contributed by atoms with E-state index < -0.39 is 0 Å². The third-order valence-electron chi connectivity index (χ3n) is 4.66. The molecule has 2 heterocycles. The third kappa shape index (κ3) is 3.57. The zero-order valence-electron chi connectivity index (χ0n) is 14.9. The molecule has 0 bridgehead atoms. The maximum absolute atomic E-state index is 12.3. The van der Waals surface area contributed by atoms with Gasteiger partial charge in [0.2, 0.25) is 0 Å². The molecule has 1 aromatic carbocycles. The number of carbonyl (C=O) groups is 1. The van der Waals surface area contributed by atoms with Crippen molar-refractivity contribution in [2.75, 3.05) is 11.9 Å². The molecule has 1 aliphatic heterocycles. The van der Waals surface area contributed by atoms with E-state index in [1.54, 1.807) is 6.20 Å². The van der Waals surface area contributed by atoms with Crippen molar-refractivity contribution < 1.29 is 4.79 Å². The fraction of sp³-hybridized carbons (Fsp3) is 0.364. The van der Waals surface area contributed by atoms with Gasteiger partial charge in [-0.2, -0.15) is 0 Å². The van der Waals surface area contributed by atoms with Crippen LogP contribution in [0.2, 0.25) is 0 Å². The highest BCUT2D eigenvalue weighted by atomic mass is 16.2. The predicted octanol–water partition coefficient (Wildman–Crippen LogP) is 4.55. The number of hydrogen-bond acceptors (Lipinski definition) is 2. The van der Waals surface area contributed by atoms with Crippen molar-refractivity contribution in [2.45, 2.75) is 46.2 Å². The van der Waals surface area contributed by atoms with Gasteiger partial charge in [0, 0.05) is 24.4 Å². The summed E-state index contributed by atoms with van der Waals surface area (Å²) in [5.74, 6) is 6.94. The minimum absolute atomic E-state index is 0. The summed E-state index contributed by atoms with van der Waals surface area (Å²) < 4.78 is 0. The molecular weight excluding hydrogens is 322 g/mol. The number of urea groups is 1. The van der Waals surface area contributed by atoms with Crippen LogP contribution in [0.25, 0.3) is 0 Å². The number of rotatable bonds is 1. The number of pyridine rings is 1. The van der Waals surface area contributed by atoms with Gasteiger partial charge < -0.3 is 4.90 Å². The van der Waals surface area contributed by atoms with E-state index >= 15 is 0 Å². The Kier molecular flexibility index (Phi) is 6.41. The first-order chi connectivity index (χ1) is 12.2. The second kappa shape index (κ2) is 8.53. The number of anilines is 1. The van der Waals surface area contributed by atoms with Crippen molar-refractivity contribution in [3.63, 3.8) is 0 Å². The highest BCUT2D eigenvalue weighted by Gasteiger charge is 2.50. The van der Waals surface area contributed by atoms with E-state index in [1.807, 2.05) is 73.2 Å². The summed E-state index contributed by atoms with van der Waals surface area (Å²) in [6.45, 7) is 4.00. The van der Waals surface area contributed by atoms with Crippen LogP contribution in [0, 0.1) is 11.8 Å². The molecular formula is C22H27N3O. The Morgan fingerprint density at radius 1 is 0.962 bits per heavy atom. The van der Waals surface area contributed by atoms with Gasteiger partial charge in [0.15, 0.2) is 0 Å². The van der Waals surface area contributed by atoms with Crippen LogP contribution in [-0.4, -0.2) is 35.0 Å². The summed E-state index contributed by atoms with van der Waals surface area (Å²) in [5, 5.41) is 0. The Morgan fingerprint density at radius 2 is 1.62 bits per heavy atom. The first-order valence-corrected chi connectivity index (χ1v) is 8.83. The number of likely N-dealkylation sites (N-methyl/N-ethyl adjacent to an activating group) is 1. The van der Waals surface area contributed by atoms with Gasteiger partial charge in [-0.3, -0.25) is 4.90 Å². The molecule has 0 spiro atoms. The number of carbonyl (C=O) groups excluding carboxylic acids is 1. The third-order valence-corrected chi connectivity index (χ3v) is 4.66. The lowest BCUT2D eigenvalue weighted by Gasteiger charge is -2.35. The van der Waals surface area contributed by atoms with Crippen LogP contribution in [0.1, 0.15) is 45.2 Å². The lowest BCUT2D eigenvalue weighted by Crippen LogP contribution is -2.45. The highest BCUT2D eigenvalue weighted by molar-refractivity contribution is 5.95. The van der Waals surface area contributed by atoms with Crippen molar-refractivity contribution >= 4 is 11.8 Å². The zero-order valence-corrected chi connectivity index (χ0v) is 14.9. The number of aromatic nitrogens is 1. The summed E-state index contributed by atoms with van der Waals surface area (Å²) >= 11 is 0. The number of amides is 2. The largest absolute Gasteiger partial charge is 0.326 e. The minimum atomic E-state index is 0. The monoisotopic (exact) mass is 349 g/mol. The SMILES string of the molecule is C.CC.CN1C(=O)N(c2ccc(C#Cc3ccccc3)cn2)[C@@H]2CC[C@@H]21. The number of nitrogens with zero attached hydrogens (tertiary/aromatic N) is 3. The molecule has 4 heteroatoms. The fourth-order valence-corrected chi connectivity index (χ4v) is 3.21. The Hall–Kier alpha value is -2.80. The van der Waals surface area contributed by atoms with Gasteiger partial charge in [0.1, 0.15) is 5.82 Å². The lowest BCUT2D eigenvalue weighted by molar-refractivity contribution is 0.196. The maximum Gasteiger partial charge on any atom is 0.326 e. The van der Waals surface area contributed by atoms with Crippen LogP contribution in [0.15, 0.2) is 48.7 Å². The van der Waals surface area contributed by atoms with Crippen molar-refractivity contribution in [1.82, 2.24) is 9.88 Å². The van der Waals surface area contributed by atoms with Gasteiger partial charge in [-0.15, -0.1) is 0 Å². The molecule has 4 rings (SSSR count). The average molecular weight is 349 g/mol. The molecule has 0 unspecified atom stereocenters. The van der Waals surface area contributed by atoms with Crippen LogP contribution >= 0.6 is 0 Å². The molecule has 2 atom stereocenters. The van der Waals surface area contributed by atoms with Crippen LogP contribution in [0.5, 0.6) is 0 Å². The van der Waals surface area contributed by atoms with Gasteiger partial charge in [-0.05, 0) is 37.1 Å². The van der Waals surface area contributed by atoms with E-state index in [-0.39, 0.29) is 19.5 Å². The van der Waals surface area contributed by atoms with E-state index in [2.05, 4.69) is 16.8 Å². The standard InChI is InChI=1S/C19H17N3O.C2H6.CH4/c1-21-16-10-11-17(16)22(19(21)23)18-12-9-15(13-20-18)8-7-14-5-3-2-4-6-14;1-2;/h2-6,9,12-13,16-17H,10-11H2,1H3;1-2H3;1H4/t16-,17+;;/m0../s1. The fourth-order valence-electron chi connectivity index (χ4n) is 3.21. The van der Waals surface area contributed by atoms with Crippen LogP contribution in [-0.2, 0) is 0 Å². The number of hydrogen-bond donors (Lipinski definition) is 0. The van der Waals surface area contributed by atoms with Gasteiger partial charge in [0.25, 0.3) is 0 Å². The molecule has 1 saturated heterocycles. The Morgan fingerprint density at radius 3 is 2.15 bits per heavy atom. The summed E-state index contributed by atoms with van der Waals surface area (Å²) in [4.78, 5) is 20.5. The summed E-state index contributed by atoms with van der Waals surface area (Å²) in [6, 6.07) is 14.4. The topological polar surface area (TPSA) is 36.4 Å². The van der Waals surface area contributed by atoms with E-state index in [0.717, 1.165) is 29.8 Å². The van der Waals surface area contributed by atoms with Gasteiger partial charge in [-0.1, -0.05) is 51.3 Å². The first kappa shape index (κ1) is 19.5. The predicted molar refractivity (Wildman–Crippen MR) is 107 cm³/mol. The molecule has 136 valence electrons. The van der Waals surface area contributed by atoms with Crippen molar-refractivity contribution in [3.8, 4) is 11.8 Å². The van der Waals surface area contributed by atoms with E-state index in [0.29, 0.717) is 6.04 Å². The molecule has 2 fully saturated rings. The molecule has 2 amide bonds. The summed E-state index contributed by atoms with van der Waals surface area (Å²) in [6.07, 6.45) is 3.88. The van der Waals surface area contributed by atoms with Crippen LogP contribution < -0.4 is 4.90 Å². The highest BCUT2D eigenvalue weighted by Crippen LogP contribution is 2.38. The van der Waals surface area contributed by atoms with Gasteiger partial charge in [-0.25, -0.2) is 9.78 Å². The normalized spacial score (nSPS) is 19.9. The second-order valence-electron chi connectivity index (χ2n) is 6.00. The van der Waals surface area contributed by atoms with Gasteiger partial charge in [0.05, 0.1) is 12.1 Å². The lowest BCUT2D eigenvalue weighted by atomic mass is 9.86. The molecule has 4 nitrogen and oxygen atoms in total. The Bertz CT molecular complexity index is 790. The van der Waals surface area contributed by atoms with Crippen LogP contribution in [0.4, 0.5) is 10.6 Å². The molecule has 2 aromatic rings. The molecule has 1 saturated carbocycles. The molecule has 0 radical (unpaired) electrons. The average Bonchev–Trinajstić information content (AvgIpc) is 2.82. The maximum atomic E-state index is 12.3. The van der Waals surface area contributed by atoms with Gasteiger partial charge >= 0.3 is 6.03 Å². The Labute approximate surface area is 156 Å². The Balaban J connectivity index is 0.000000784. The molecule has 0 N–H and O–H groups in total. The molecule has 26 heavy (non-hydrogen) atoms. The smallest absolute Gasteiger partial charge is 0.322 e. The molecule has 1 aliphatic carbocycles. The minimum Gasteiger partial charge on any atom is -0.322 e. The quantitative estimate of drug-likeness (QED) is 0.708. The summed E-state index contributed by atoms with van der Waals surface area (Å²) in [7, 11) is 1.87. The molecule has 1 aromatic heterocycles. The van der Waals surface area contributed by atoms with E-state index in [1.165, 1.54) is 0 Å². The number of fused-ring (bicyclic) bond motifs is 1.